The van der Waals surface area contributed by atoms with E-state index in [1.165, 1.54) is 0 Å². The largest absolute Gasteiger partial charge is 0.456 e. The molecule has 0 aromatic heterocycles. The maximum Gasteiger partial charge on any atom is 0.325 e. The number of nitrogens with one attached hydrogen (secondary N) is 1. The van der Waals surface area contributed by atoms with Crippen molar-refractivity contribution in [1.29, 1.82) is 0 Å². The van der Waals surface area contributed by atoms with Crippen molar-refractivity contribution in [2.75, 3.05) is 13.2 Å². The summed E-state index contributed by atoms with van der Waals surface area (Å²) in [5.74, 6) is -1.34. The molecule has 0 atom stereocenters. The number of amides is 1. The minimum absolute atomic E-state index is 0.294. The van der Waals surface area contributed by atoms with Gasteiger partial charge in [0.2, 0.25) is 0 Å². The Hall–Kier alpha value is -2.47. The number of carbonyl (C=O) groups excluding carboxylic acids is 3. The third kappa shape index (κ3) is 5.53. The molecule has 25 heavy (non-hydrogen) atoms. The molecule has 130 valence electrons. The summed E-state index contributed by atoms with van der Waals surface area (Å²) >= 11 is 3.28. The van der Waals surface area contributed by atoms with E-state index >= 15 is 0 Å². The molecule has 2 aromatic rings. The van der Waals surface area contributed by atoms with Crippen LogP contribution in [0, 0.1) is 13.8 Å². The molecule has 0 heterocycles. The van der Waals surface area contributed by atoms with E-state index in [1.54, 1.807) is 36.4 Å². The van der Waals surface area contributed by atoms with E-state index < -0.39 is 5.97 Å². The number of ketones is 1. The molecule has 0 fully saturated rings. The Balaban J connectivity index is 1.81. The second kappa shape index (κ2) is 8.58. The Kier molecular flexibility index (Phi) is 6.47. The highest BCUT2D eigenvalue weighted by Gasteiger charge is 2.12. The van der Waals surface area contributed by atoms with Gasteiger partial charge in [0.05, 0.1) is 0 Å². The number of carbonyl (C=O) groups is 3. The lowest BCUT2D eigenvalue weighted by Crippen LogP contribution is -2.31. The fraction of sp³-hybridized carbons (Fsp3) is 0.211. The smallest absolute Gasteiger partial charge is 0.325 e. The van der Waals surface area contributed by atoms with E-state index in [9.17, 15) is 14.4 Å². The molecule has 0 aliphatic carbocycles. The van der Waals surface area contributed by atoms with Gasteiger partial charge in [0.1, 0.15) is 6.54 Å². The zero-order valence-corrected chi connectivity index (χ0v) is 15.6. The predicted octanol–water partition coefficient (Wildman–Crippen LogP) is 3.22. The maximum atomic E-state index is 12.0. The molecular formula is C19H18BrNO4. The Bertz CT molecular complexity index is 817. The molecule has 0 aliphatic rings. The third-order valence-corrected chi connectivity index (χ3v) is 4.17. The predicted molar refractivity (Wildman–Crippen MR) is 97.7 cm³/mol. The number of Topliss-reactive ketones (excluding diaryl/α,β-unsaturated/α-hetero) is 1. The van der Waals surface area contributed by atoms with Crippen LogP contribution in [0.1, 0.15) is 31.8 Å². The second-order valence-corrected chi connectivity index (χ2v) is 6.49. The molecule has 6 heteroatoms. The summed E-state index contributed by atoms with van der Waals surface area (Å²) in [6.07, 6.45) is 0. The zero-order chi connectivity index (χ0) is 18.4. The molecule has 0 saturated carbocycles. The van der Waals surface area contributed by atoms with Crippen LogP contribution in [0.25, 0.3) is 0 Å². The van der Waals surface area contributed by atoms with Crippen LogP contribution < -0.4 is 5.32 Å². The summed E-state index contributed by atoms with van der Waals surface area (Å²) in [4.78, 5) is 35.7. The Morgan fingerprint density at radius 3 is 2.44 bits per heavy atom. The highest BCUT2D eigenvalue weighted by molar-refractivity contribution is 9.10. The van der Waals surface area contributed by atoms with Crippen LogP contribution in [-0.2, 0) is 9.53 Å². The fourth-order valence-electron chi connectivity index (χ4n) is 2.08. The third-order valence-electron chi connectivity index (χ3n) is 3.67. The van der Waals surface area contributed by atoms with Crippen LogP contribution in [0.5, 0.6) is 0 Å². The summed E-state index contributed by atoms with van der Waals surface area (Å²) in [5.41, 5.74) is 3.00. The van der Waals surface area contributed by atoms with Gasteiger partial charge in [-0.3, -0.25) is 14.4 Å². The van der Waals surface area contributed by atoms with Crippen molar-refractivity contribution in [3.63, 3.8) is 0 Å². The Labute approximate surface area is 154 Å². The van der Waals surface area contributed by atoms with Gasteiger partial charge in [-0.1, -0.05) is 34.1 Å². The van der Waals surface area contributed by atoms with E-state index in [4.69, 9.17) is 4.74 Å². The summed E-state index contributed by atoms with van der Waals surface area (Å²) in [7, 11) is 0. The number of rotatable bonds is 6. The molecule has 1 N–H and O–H groups in total. The molecule has 0 spiro atoms. The van der Waals surface area contributed by atoms with Gasteiger partial charge >= 0.3 is 5.97 Å². The van der Waals surface area contributed by atoms with E-state index in [-0.39, 0.29) is 24.8 Å². The fourth-order valence-corrected chi connectivity index (χ4v) is 2.48. The van der Waals surface area contributed by atoms with Gasteiger partial charge in [-0.25, -0.2) is 0 Å². The molecule has 0 unspecified atom stereocenters. The first kappa shape index (κ1) is 18.9. The molecule has 0 aliphatic heterocycles. The molecule has 2 rings (SSSR count). The van der Waals surface area contributed by atoms with Gasteiger partial charge in [-0.2, -0.15) is 0 Å². The summed E-state index contributed by atoms with van der Waals surface area (Å²) < 4.78 is 5.68. The summed E-state index contributed by atoms with van der Waals surface area (Å²) in [6, 6.07) is 12.1. The molecule has 1 amide bonds. The van der Waals surface area contributed by atoms with E-state index in [2.05, 4.69) is 21.2 Å². The Morgan fingerprint density at radius 2 is 1.76 bits per heavy atom. The van der Waals surface area contributed by atoms with Crippen molar-refractivity contribution >= 4 is 33.6 Å². The van der Waals surface area contributed by atoms with Crippen LogP contribution in [0.2, 0.25) is 0 Å². The van der Waals surface area contributed by atoms with Gasteiger partial charge in [-0.05, 0) is 49.2 Å². The first-order valence-electron chi connectivity index (χ1n) is 7.66. The quantitative estimate of drug-likeness (QED) is 0.593. The number of hydrogen-bond acceptors (Lipinski definition) is 4. The Morgan fingerprint density at radius 1 is 1.00 bits per heavy atom. The summed E-state index contributed by atoms with van der Waals surface area (Å²) in [6.45, 7) is 3.21. The van der Waals surface area contributed by atoms with Crippen molar-refractivity contribution < 1.29 is 19.1 Å². The maximum absolute atomic E-state index is 12.0. The standard InChI is InChI=1S/C19H18BrNO4/c1-12-6-7-15(8-13(12)2)19(24)21-10-18(23)25-11-17(22)14-4-3-5-16(20)9-14/h3-9H,10-11H2,1-2H3,(H,21,24). The van der Waals surface area contributed by atoms with Crippen LogP contribution >= 0.6 is 15.9 Å². The van der Waals surface area contributed by atoms with Crippen LogP contribution in [0.3, 0.4) is 0 Å². The van der Waals surface area contributed by atoms with Crippen LogP contribution in [-0.4, -0.2) is 30.8 Å². The number of esters is 1. The monoisotopic (exact) mass is 403 g/mol. The molecule has 2 aromatic carbocycles. The minimum Gasteiger partial charge on any atom is -0.456 e. The number of benzene rings is 2. The lowest BCUT2D eigenvalue weighted by Gasteiger charge is -2.08. The number of halogens is 1. The zero-order valence-electron chi connectivity index (χ0n) is 14.0. The van der Waals surface area contributed by atoms with Crippen LogP contribution in [0.15, 0.2) is 46.9 Å². The van der Waals surface area contributed by atoms with Crippen molar-refractivity contribution in [1.82, 2.24) is 5.32 Å². The van der Waals surface area contributed by atoms with Crippen molar-refractivity contribution in [2.45, 2.75) is 13.8 Å². The van der Waals surface area contributed by atoms with E-state index in [1.807, 2.05) is 19.9 Å². The highest BCUT2D eigenvalue weighted by atomic mass is 79.9. The number of hydrogen-bond donors (Lipinski definition) is 1. The average molecular weight is 404 g/mol. The SMILES string of the molecule is Cc1ccc(C(=O)NCC(=O)OCC(=O)c2cccc(Br)c2)cc1C. The lowest BCUT2D eigenvalue weighted by atomic mass is 10.1. The molecule has 5 nitrogen and oxygen atoms in total. The number of aryl methyl sites for hydroxylation is 2. The first-order chi connectivity index (χ1) is 11.9. The van der Waals surface area contributed by atoms with Crippen molar-refractivity contribution in [2.24, 2.45) is 0 Å². The van der Waals surface area contributed by atoms with Gasteiger partial charge in [-0.15, -0.1) is 0 Å². The number of ether oxygens (including phenoxy) is 1. The van der Waals surface area contributed by atoms with Crippen LogP contribution in [0.4, 0.5) is 0 Å². The first-order valence-corrected chi connectivity index (χ1v) is 8.46. The van der Waals surface area contributed by atoms with Gasteiger partial charge in [0.15, 0.2) is 12.4 Å². The summed E-state index contributed by atoms with van der Waals surface area (Å²) in [5, 5.41) is 2.49. The van der Waals surface area contributed by atoms with Gasteiger partial charge in [0.25, 0.3) is 5.91 Å². The molecular weight excluding hydrogens is 386 g/mol. The second-order valence-electron chi connectivity index (χ2n) is 5.58. The van der Waals surface area contributed by atoms with Crippen molar-refractivity contribution in [3.05, 3.63) is 69.2 Å². The van der Waals surface area contributed by atoms with Gasteiger partial charge in [0, 0.05) is 15.6 Å². The van der Waals surface area contributed by atoms with Crippen molar-refractivity contribution in [3.8, 4) is 0 Å². The normalized spacial score (nSPS) is 10.2. The minimum atomic E-state index is -0.666. The molecule has 0 saturated heterocycles. The van der Waals surface area contributed by atoms with E-state index in [0.29, 0.717) is 11.1 Å². The molecule has 0 radical (unpaired) electrons. The molecule has 0 bridgehead atoms. The van der Waals surface area contributed by atoms with E-state index in [0.717, 1.165) is 15.6 Å². The highest BCUT2D eigenvalue weighted by Crippen LogP contribution is 2.12. The topological polar surface area (TPSA) is 72.5 Å². The average Bonchev–Trinajstić information content (AvgIpc) is 2.59. The lowest BCUT2D eigenvalue weighted by molar-refractivity contribution is -0.141. The van der Waals surface area contributed by atoms with Gasteiger partial charge < -0.3 is 10.1 Å².